The van der Waals surface area contributed by atoms with Gasteiger partial charge in [0.25, 0.3) is 0 Å². The fourth-order valence-corrected chi connectivity index (χ4v) is 3.52. The van der Waals surface area contributed by atoms with Gasteiger partial charge in [-0.3, -0.25) is 0 Å². The number of allylic oxidation sites excluding steroid dienone is 6. The molecule has 0 aromatic carbocycles. The van der Waals surface area contributed by atoms with Gasteiger partial charge in [0.15, 0.2) is 0 Å². The second kappa shape index (κ2) is 6.22. The first-order chi connectivity index (χ1) is 9.78. The van der Waals surface area contributed by atoms with Gasteiger partial charge in [0.1, 0.15) is 0 Å². The van der Waals surface area contributed by atoms with Gasteiger partial charge in [-0.2, -0.15) is 0 Å². The quantitative estimate of drug-likeness (QED) is 0.545. The third kappa shape index (κ3) is 2.88. The Balaban J connectivity index is 1.62. The molecule has 20 heavy (non-hydrogen) atoms. The predicted molar refractivity (Wildman–Crippen MR) is 83.6 cm³/mol. The van der Waals surface area contributed by atoms with Crippen LogP contribution in [0.25, 0.3) is 0 Å². The lowest BCUT2D eigenvalue weighted by atomic mass is 9.67. The maximum Gasteiger partial charge on any atom is 0.462 e. The SMILES string of the molecule is NCC1OB(O)[C@@H]2CC(NSC3=CCCC=C3)=CC=C12. The van der Waals surface area contributed by atoms with Gasteiger partial charge >= 0.3 is 7.12 Å². The third-order valence-electron chi connectivity index (χ3n) is 3.84. The van der Waals surface area contributed by atoms with E-state index in [1.54, 1.807) is 11.9 Å². The minimum absolute atomic E-state index is 0.0347. The summed E-state index contributed by atoms with van der Waals surface area (Å²) in [5, 5.41) is 9.96. The molecule has 4 nitrogen and oxygen atoms in total. The van der Waals surface area contributed by atoms with Crippen LogP contribution in [0.4, 0.5) is 0 Å². The zero-order valence-corrected chi connectivity index (χ0v) is 12.1. The van der Waals surface area contributed by atoms with Gasteiger partial charge in [-0.15, -0.1) is 0 Å². The molecule has 6 heteroatoms. The van der Waals surface area contributed by atoms with Crippen LogP contribution < -0.4 is 10.5 Å². The summed E-state index contributed by atoms with van der Waals surface area (Å²) < 4.78 is 8.85. The summed E-state index contributed by atoms with van der Waals surface area (Å²) in [7, 11) is -0.737. The maximum absolute atomic E-state index is 9.96. The summed E-state index contributed by atoms with van der Waals surface area (Å²) >= 11 is 1.63. The van der Waals surface area contributed by atoms with Gasteiger partial charge < -0.3 is 20.1 Å². The summed E-state index contributed by atoms with van der Waals surface area (Å²) in [5.74, 6) is 0.0347. The Kier molecular flexibility index (Phi) is 4.36. The van der Waals surface area contributed by atoms with Crippen molar-refractivity contribution in [3.05, 3.63) is 46.6 Å². The van der Waals surface area contributed by atoms with Crippen LogP contribution in [-0.4, -0.2) is 24.8 Å². The van der Waals surface area contributed by atoms with Crippen LogP contribution in [0.2, 0.25) is 5.82 Å². The molecule has 106 valence electrons. The smallest absolute Gasteiger partial charge is 0.427 e. The summed E-state index contributed by atoms with van der Waals surface area (Å²) in [6, 6.07) is 0. The van der Waals surface area contributed by atoms with Gasteiger partial charge in [0.2, 0.25) is 0 Å². The summed E-state index contributed by atoms with van der Waals surface area (Å²) in [6.07, 6.45) is 13.5. The van der Waals surface area contributed by atoms with Crippen LogP contribution in [-0.2, 0) is 4.65 Å². The van der Waals surface area contributed by atoms with Crippen molar-refractivity contribution in [1.82, 2.24) is 4.72 Å². The largest absolute Gasteiger partial charge is 0.462 e. The number of nitrogens with two attached hydrogens (primary N) is 1. The van der Waals surface area contributed by atoms with Crippen molar-refractivity contribution in [2.45, 2.75) is 31.2 Å². The molecule has 1 heterocycles. The second-order valence-corrected chi connectivity index (χ2v) is 6.09. The second-order valence-electron chi connectivity index (χ2n) is 5.21. The Morgan fingerprint density at radius 3 is 3.10 bits per heavy atom. The molecule has 1 aliphatic heterocycles. The Hall–Kier alpha value is -0.945. The van der Waals surface area contributed by atoms with Gasteiger partial charge in [-0.05, 0) is 42.9 Å². The first-order valence-corrected chi connectivity index (χ1v) is 7.83. The molecule has 2 aliphatic carbocycles. The highest BCUT2D eigenvalue weighted by Crippen LogP contribution is 2.40. The molecular weight excluding hydrogens is 271 g/mol. The molecule has 3 rings (SSSR count). The molecule has 0 aromatic rings. The van der Waals surface area contributed by atoms with Crippen molar-refractivity contribution in [2.75, 3.05) is 6.54 Å². The molecule has 0 saturated carbocycles. The van der Waals surface area contributed by atoms with Crippen LogP contribution >= 0.6 is 11.9 Å². The summed E-state index contributed by atoms with van der Waals surface area (Å²) in [6.45, 7) is 0.419. The first-order valence-electron chi connectivity index (χ1n) is 7.01. The zero-order chi connectivity index (χ0) is 13.9. The van der Waals surface area contributed by atoms with Gasteiger partial charge in [-0.25, -0.2) is 0 Å². The Morgan fingerprint density at radius 1 is 1.45 bits per heavy atom. The van der Waals surface area contributed by atoms with Crippen molar-refractivity contribution in [1.29, 1.82) is 0 Å². The minimum atomic E-state index is -0.737. The number of nitrogens with one attached hydrogen (secondary N) is 1. The number of hydrogen-bond acceptors (Lipinski definition) is 5. The number of hydrogen-bond donors (Lipinski definition) is 3. The molecule has 0 bridgehead atoms. The van der Waals surface area contributed by atoms with E-state index < -0.39 is 7.12 Å². The normalized spacial score (nSPS) is 28.7. The fourth-order valence-electron chi connectivity index (χ4n) is 2.75. The van der Waals surface area contributed by atoms with Crippen molar-refractivity contribution < 1.29 is 9.68 Å². The van der Waals surface area contributed by atoms with E-state index in [1.165, 1.54) is 4.91 Å². The Morgan fingerprint density at radius 2 is 2.35 bits per heavy atom. The standard InChI is InChI=1S/C14H19BN2O2S/c16-9-14-12-7-6-10(8-13(12)15(18)19-14)17-20-11-4-2-1-3-5-11/h2,4-7,13-14,17-18H,1,3,8-9,16H2/t13-,14?/m1/s1. The summed E-state index contributed by atoms with van der Waals surface area (Å²) in [4.78, 5) is 1.25. The van der Waals surface area contributed by atoms with Crippen LogP contribution in [0.3, 0.4) is 0 Å². The third-order valence-corrected chi connectivity index (χ3v) is 4.74. The van der Waals surface area contributed by atoms with E-state index in [9.17, 15) is 5.02 Å². The lowest BCUT2D eigenvalue weighted by molar-refractivity contribution is 0.230. The molecule has 4 N–H and O–H groups in total. The molecule has 0 radical (unpaired) electrons. The molecule has 2 atom stereocenters. The molecule has 1 unspecified atom stereocenters. The summed E-state index contributed by atoms with van der Waals surface area (Å²) in [5.41, 5.74) is 7.89. The van der Waals surface area contributed by atoms with Crippen LogP contribution in [0.1, 0.15) is 19.3 Å². The minimum Gasteiger partial charge on any atom is -0.427 e. The van der Waals surface area contributed by atoms with Crippen LogP contribution in [0, 0.1) is 0 Å². The molecule has 1 fully saturated rings. The van der Waals surface area contributed by atoms with E-state index in [0.717, 1.165) is 30.5 Å². The zero-order valence-electron chi connectivity index (χ0n) is 11.3. The molecule has 0 spiro atoms. The predicted octanol–water partition coefficient (Wildman–Crippen LogP) is 1.88. The Bertz CT molecular complexity index is 501. The van der Waals surface area contributed by atoms with E-state index in [2.05, 4.69) is 29.0 Å². The average molecular weight is 290 g/mol. The van der Waals surface area contributed by atoms with E-state index in [1.807, 2.05) is 6.08 Å². The van der Waals surface area contributed by atoms with Crippen molar-refractivity contribution in [3.8, 4) is 0 Å². The van der Waals surface area contributed by atoms with Crippen molar-refractivity contribution >= 4 is 19.1 Å². The molecular formula is C14H19BN2O2S. The van der Waals surface area contributed by atoms with Crippen LogP contribution in [0.5, 0.6) is 0 Å². The van der Waals surface area contributed by atoms with Gasteiger partial charge in [0.05, 0.1) is 6.10 Å². The lowest BCUT2D eigenvalue weighted by Crippen LogP contribution is -2.23. The fraction of sp³-hybridized carbons (Fsp3) is 0.429. The van der Waals surface area contributed by atoms with Crippen molar-refractivity contribution in [2.24, 2.45) is 5.73 Å². The highest BCUT2D eigenvalue weighted by Gasteiger charge is 2.43. The topological polar surface area (TPSA) is 67.5 Å². The van der Waals surface area contributed by atoms with Gasteiger partial charge in [0, 0.05) is 23.0 Å². The molecule has 0 amide bonds. The van der Waals surface area contributed by atoms with Crippen LogP contribution in [0.15, 0.2) is 46.6 Å². The Labute approximate surface area is 124 Å². The monoisotopic (exact) mass is 290 g/mol. The van der Waals surface area contributed by atoms with Crippen molar-refractivity contribution in [3.63, 3.8) is 0 Å². The lowest BCUT2D eigenvalue weighted by Gasteiger charge is -2.21. The number of fused-ring (bicyclic) bond motifs is 1. The van der Waals surface area contributed by atoms with E-state index in [4.69, 9.17) is 10.4 Å². The molecule has 3 aliphatic rings. The first kappa shape index (κ1) is 14.0. The van der Waals surface area contributed by atoms with Gasteiger partial charge in [-0.1, -0.05) is 24.3 Å². The van der Waals surface area contributed by atoms with E-state index in [-0.39, 0.29) is 11.9 Å². The maximum atomic E-state index is 9.96. The highest BCUT2D eigenvalue weighted by atomic mass is 32.2. The molecule has 0 aromatic heterocycles. The van der Waals surface area contributed by atoms with E-state index >= 15 is 0 Å². The average Bonchev–Trinajstić information content (AvgIpc) is 2.82. The van der Waals surface area contributed by atoms with E-state index in [0.29, 0.717) is 6.54 Å². The number of rotatable bonds is 4. The molecule has 1 saturated heterocycles. The highest BCUT2D eigenvalue weighted by molar-refractivity contribution is 8.01.